The van der Waals surface area contributed by atoms with Gasteiger partial charge in [-0.3, -0.25) is 4.79 Å². The van der Waals surface area contributed by atoms with Crippen molar-refractivity contribution in [3.63, 3.8) is 0 Å². The first kappa shape index (κ1) is 12.0. The summed E-state index contributed by atoms with van der Waals surface area (Å²) < 4.78 is 5.49. The van der Waals surface area contributed by atoms with Crippen molar-refractivity contribution in [3.8, 4) is 0 Å². The second-order valence-corrected chi connectivity index (χ2v) is 5.27. The normalized spacial score (nSPS) is 25.4. The maximum atomic E-state index is 11.9. The van der Waals surface area contributed by atoms with Gasteiger partial charge in [-0.05, 0) is 34.8 Å². The van der Waals surface area contributed by atoms with Crippen LogP contribution in [0.25, 0.3) is 0 Å². The number of hydrogen-bond donors (Lipinski definition) is 1. The van der Waals surface area contributed by atoms with Crippen LogP contribution < -0.4 is 5.32 Å². The van der Waals surface area contributed by atoms with Crippen molar-refractivity contribution < 1.29 is 9.21 Å². The number of alkyl halides is 1. The number of nitrogens with one attached hydrogen (secondary N) is 1. The molecular weight excluding hydrogens is 293 g/mol. The van der Waals surface area contributed by atoms with E-state index >= 15 is 0 Å². The number of furan rings is 1. The molecule has 1 aliphatic rings. The minimum atomic E-state index is -0.127. The highest BCUT2D eigenvalue weighted by molar-refractivity contribution is 9.10. The van der Waals surface area contributed by atoms with Crippen LogP contribution >= 0.6 is 27.5 Å². The Morgan fingerprint density at radius 2 is 2.25 bits per heavy atom. The van der Waals surface area contributed by atoms with Crippen LogP contribution in [0.1, 0.15) is 36.0 Å². The van der Waals surface area contributed by atoms with Crippen LogP contribution in [-0.2, 0) is 0 Å². The van der Waals surface area contributed by atoms with E-state index in [0.29, 0.717) is 10.2 Å². The summed E-state index contributed by atoms with van der Waals surface area (Å²) in [4.78, 5) is 11.9. The fourth-order valence-corrected chi connectivity index (χ4v) is 2.71. The predicted molar refractivity (Wildman–Crippen MR) is 65.8 cm³/mol. The molecule has 5 heteroatoms. The number of amides is 1. The molecule has 1 aliphatic carbocycles. The molecule has 2 rings (SSSR count). The van der Waals surface area contributed by atoms with E-state index in [0.717, 1.165) is 25.7 Å². The van der Waals surface area contributed by atoms with Crippen molar-refractivity contribution in [1.29, 1.82) is 0 Å². The van der Waals surface area contributed by atoms with Gasteiger partial charge in [-0.2, -0.15) is 0 Å². The Morgan fingerprint density at radius 3 is 2.88 bits per heavy atom. The summed E-state index contributed by atoms with van der Waals surface area (Å²) in [5.74, 6) is -0.127. The third-order valence-corrected chi connectivity index (χ3v) is 4.00. The van der Waals surface area contributed by atoms with Crippen LogP contribution in [0.3, 0.4) is 0 Å². The summed E-state index contributed by atoms with van der Waals surface area (Å²) in [6.07, 6.45) is 5.68. The highest BCUT2D eigenvalue weighted by atomic mass is 79.9. The van der Waals surface area contributed by atoms with Gasteiger partial charge in [0, 0.05) is 6.04 Å². The molecule has 16 heavy (non-hydrogen) atoms. The first-order valence-corrected chi connectivity index (χ1v) is 6.59. The Morgan fingerprint density at radius 1 is 1.50 bits per heavy atom. The average Bonchev–Trinajstić information content (AvgIpc) is 2.68. The van der Waals surface area contributed by atoms with E-state index in [2.05, 4.69) is 21.2 Å². The van der Waals surface area contributed by atoms with Gasteiger partial charge < -0.3 is 9.73 Å². The van der Waals surface area contributed by atoms with E-state index < -0.39 is 0 Å². The van der Waals surface area contributed by atoms with Gasteiger partial charge in [0.1, 0.15) is 0 Å². The van der Waals surface area contributed by atoms with Crippen molar-refractivity contribution in [2.24, 2.45) is 0 Å². The minimum Gasteiger partial charge on any atom is -0.457 e. The lowest BCUT2D eigenvalue weighted by Gasteiger charge is -2.27. The predicted octanol–water partition coefficient (Wildman–Crippen LogP) is 3.32. The highest BCUT2D eigenvalue weighted by Gasteiger charge is 2.25. The first-order chi connectivity index (χ1) is 7.68. The highest BCUT2D eigenvalue weighted by Crippen LogP contribution is 2.24. The Hall–Kier alpha value is -0.480. The van der Waals surface area contributed by atoms with Crippen LogP contribution in [0.2, 0.25) is 0 Å². The minimum absolute atomic E-state index is 0.0448. The molecule has 88 valence electrons. The zero-order valence-corrected chi connectivity index (χ0v) is 11.1. The van der Waals surface area contributed by atoms with Gasteiger partial charge in [0.2, 0.25) is 0 Å². The molecule has 1 fully saturated rings. The van der Waals surface area contributed by atoms with Crippen LogP contribution in [0.5, 0.6) is 0 Å². The molecule has 1 aromatic heterocycles. The van der Waals surface area contributed by atoms with Crippen molar-refractivity contribution in [2.45, 2.75) is 37.1 Å². The lowest BCUT2D eigenvalue weighted by Crippen LogP contribution is -2.42. The molecule has 0 bridgehead atoms. The van der Waals surface area contributed by atoms with E-state index in [1.54, 1.807) is 6.07 Å². The summed E-state index contributed by atoms with van der Waals surface area (Å²) in [7, 11) is 0. The molecule has 1 aromatic rings. The Labute approximate surface area is 108 Å². The van der Waals surface area contributed by atoms with Gasteiger partial charge in [0.25, 0.3) is 5.91 Å². The number of carbonyl (C=O) groups is 1. The third kappa shape index (κ3) is 2.61. The van der Waals surface area contributed by atoms with Crippen molar-refractivity contribution in [3.05, 3.63) is 22.6 Å². The van der Waals surface area contributed by atoms with Crippen molar-refractivity contribution in [2.75, 3.05) is 0 Å². The van der Waals surface area contributed by atoms with E-state index in [1.165, 1.54) is 6.26 Å². The van der Waals surface area contributed by atoms with E-state index in [1.807, 2.05) is 0 Å². The van der Waals surface area contributed by atoms with Gasteiger partial charge in [-0.15, -0.1) is 11.6 Å². The van der Waals surface area contributed by atoms with E-state index in [9.17, 15) is 4.79 Å². The molecule has 2 atom stereocenters. The molecule has 0 saturated heterocycles. The number of halogens is 2. The second kappa shape index (κ2) is 5.23. The molecule has 1 saturated carbocycles. The third-order valence-electron chi connectivity index (χ3n) is 2.86. The Bertz CT molecular complexity index is 380. The zero-order chi connectivity index (χ0) is 11.5. The van der Waals surface area contributed by atoms with Crippen LogP contribution in [0.4, 0.5) is 0 Å². The molecule has 2 unspecified atom stereocenters. The van der Waals surface area contributed by atoms with Gasteiger partial charge >= 0.3 is 0 Å². The summed E-state index contributed by atoms with van der Waals surface area (Å²) in [6.45, 7) is 0. The molecule has 0 spiro atoms. The molecule has 1 N–H and O–H groups in total. The summed E-state index contributed by atoms with van der Waals surface area (Å²) in [5, 5.41) is 3.00. The van der Waals surface area contributed by atoms with Crippen LogP contribution in [0, 0.1) is 0 Å². The largest absolute Gasteiger partial charge is 0.457 e. The number of carbonyl (C=O) groups excluding carboxylic acids is 1. The van der Waals surface area contributed by atoms with Crippen LogP contribution in [0.15, 0.2) is 21.4 Å². The number of hydrogen-bond acceptors (Lipinski definition) is 2. The number of rotatable bonds is 2. The molecule has 3 nitrogen and oxygen atoms in total. The lowest BCUT2D eigenvalue weighted by atomic mass is 9.95. The van der Waals surface area contributed by atoms with E-state index in [-0.39, 0.29) is 17.3 Å². The topological polar surface area (TPSA) is 42.2 Å². The van der Waals surface area contributed by atoms with Crippen molar-refractivity contribution >= 4 is 33.4 Å². The zero-order valence-electron chi connectivity index (χ0n) is 8.71. The van der Waals surface area contributed by atoms with E-state index in [4.69, 9.17) is 16.0 Å². The Balaban J connectivity index is 1.99. The SMILES string of the molecule is O=C(NC1CCCCC1Cl)c1ccoc1Br. The fourth-order valence-electron chi connectivity index (χ4n) is 1.95. The molecular formula is C11H13BrClNO2. The van der Waals surface area contributed by atoms with Gasteiger partial charge in [-0.1, -0.05) is 12.8 Å². The maximum absolute atomic E-state index is 11.9. The van der Waals surface area contributed by atoms with Crippen LogP contribution in [-0.4, -0.2) is 17.3 Å². The molecule has 1 amide bonds. The standard InChI is InChI=1S/C11H13BrClNO2/c12-10-7(5-6-16-10)11(15)14-9-4-2-1-3-8(9)13/h5-6,8-9H,1-4H2,(H,14,15). The quantitative estimate of drug-likeness (QED) is 0.852. The lowest BCUT2D eigenvalue weighted by molar-refractivity contribution is 0.0927. The average molecular weight is 307 g/mol. The maximum Gasteiger partial charge on any atom is 0.256 e. The monoisotopic (exact) mass is 305 g/mol. The Kier molecular flexibility index (Phi) is 3.92. The van der Waals surface area contributed by atoms with Gasteiger partial charge in [-0.25, -0.2) is 0 Å². The molecule has 0 aliphatic heterocycles. The smallest absolute Gasteiger partial charge is 0.256 e. The molecule has 0 radical (unpaired) electrons. The van der Waals surface area contributed by atoms with Crippen molar-refractivity contribution in [1.82, 2.24) is 5.32 Å². The van der Waals surface area contributed by atoms with Gasteiger partial charge in [0.15, 0.2) is 4.67 Å². The molecule has 0 aromatic carbocycles. The second-order valence-electron chi connectivity index (χ2n) is 3.99. The summed E-state index contributed by atoms with van der Waals surface area (Å²) in [5.41, 5.74) is 0.523. The summed E-state index contributed by atoms with van der Waals surface area (Å²) >= 11 is 9.36. The first-order valence-electron chi connectivity index (χ1n) is 5.36. The van der Waals surface area contributed by atoms with Gasteiger partial charge in [0.05, 0.1) is 17.2 Å². The fraction of sp³-hybridized carbons (Fsp3) is 0.545. The molecule has 1 heterocycles. The summed E-state index contributed by atoms with van der Waals surface area (Å²) in [6, 6.07) is 1.72.